The van der Waals surface area contributed by atoms with Crippen molar-refractivity contribution in [1.29, 1.82) is 0 Å². The lowest BCUT2D eigenvalue weighted by molar-refractivity contribution is 0.210. The lowest BCUT2D eigenvalue weighted by atomic mass is 10.1. The van der Waals surface area contributed by atoms with Crippen LogP contribution in [-0.2, 0) is 19.5 Å². The maximum absolute atomic E-state index is 13.9. The van der Waals surface area contributed by atoms with Crippen LogP contribution in [0, 0.1) is 5.82 Å². The molecule has 5 nitrogen and oxygen atoms in total. The molecule has 0 spiro atoms. The fourth-order valence-corrected chi connectivity index (χ4v) is 3.76. The maximum atomic E-state index is 13.9. The Balaban J connectivity index is 1.57. The van der Waals surface area contributed by atoms with Gasteiger partial charge in [-0.2, -0.15) is 0 Å². The van der Waals surface area contributed by atoms with E-state index in [1.165, 1.54) is 35.7 Å². The number of urea groups is 1. The SMILES string of the molecule is CCn1cc2c3c(cccc31)CN(C(=O)Nc1ccc(OC)c(F)c1)CC2. The Bertz CT molecular complexity index is 1010. The van der Waals surface area contributed by atoms with E-state index in [1.54, 1.807) is 11.0 Å². The zero-order valence-electron chi connectivity index (χ0n) is 15.5. The van der Waals surface area contributed by atoms with Crippen molar-refractivity contribution in [2.45, 2.75) is 26.4 Å². The number of aromatic nitrogens is 1. The third-order valence-corrected chi connectivity index (χ3v) is 5.11. The molecule has 0 atom stereocenters. The minimum absolute atomic E-state index is 0.154. The molecular weight excluding hydrogens is 345 g/mol. The number of carbonyl (C=O) groups is 1. The van der Waals surface area contributed by atoms with E-state index >= 15 is 0 Å². The number of amides is 2. The summed E-state index contributed by atoms with van der Waals surface area (Å²) in [6, 6.07) is 10.4. The van der Waals surface area contributed by atoms with Gasteiger partial charge in [-0.25, -0.2) is 9.18 Å². The molecule has 2 heterocycles. The van der Waals surface area contributed by atoms with Gasteiger partial charge < -0.3 is 19.5 Å². The molecule has 6 heteroatoms. The summed E-state index contributed by atoms with van der Waals surface area (Å²) in [5.41, 5.74) is 4.04. The van der Waals surface area contributed by atoms with E-state index in [2.05, 4.69) is 35.1 Å². The second-order valence-electron chi connectivity index (χ2n) is 6.70. The maximum Gasteiger partial charge on any atom is 0.322 e. The van der Waals surface area contributed by atoms with Crippen LogP contribution in [0.3, 0.4) is 0 Å². The number of nitrogens with zero attached hydrogens (tertiary/aromatic N) is 2. The lowest BCUT2D eigenvalue weighted by Gasteiger charge is -2.22. The summed E-state index contributed by atoms with van der Waals surface area (Å²) in [5, 5.41) is 4.05. The summed E-state index contributed by atoms with van der Waals surface area (Å²) >= 11 is 0. The van der Waals surface area contributed by atoms with E-state index < -0.39 is 5.82 Å². The van der Waals surface area contributed by atoms with Crippen molar-refractivity contribution in [1.82, 2.24) is 9.47 Å². The van der Waals surface area contributed by atoms with E-state index in [-0.39, 0.29) is 11.8 Å². The number of rotatable bonds is 3. The summed E-state index contributed by atoms with van der Waals surface area (Å²) < 4.78 is 21.0. The molecule has 4 rings (SSSR count). The monoisotopic (exact) mass is 367 g/mol. The molecular formula is C21H22FN3O2. The van der Waals surface area contributed by atoms with E-state index in [0.717, 1.165) is 18.5 Å². The van der Waals surface area contributed by atoms with Crippen LogP contribution in [0.2, 0.25) is 0 Å². The average molecular weight is 367 g/mol. The van der Waals surface area contributed by atoms with Crippen LogP contribution in [0.25, 0.3) is 10.9 Å². The van der Waals surface area contributed by atoms with Gasteiger partial charge in [0.2, 0.25) is 0 Å². The standard InChI is InChI=1S/C21H22FN3O2/c1-3-24-12-15-9-10-25(13-14-5-4-6-18(24)20(14)15)21(26)23-16-7-8-19(27-2)17(22)11-16/h4-8,11-12H,3,9-10,13H2,1-2H3,(H,23,26). The van der Waals surface area contributed by atoms with Gasteiger partial charge in [0, 0.05) is 48.5 Å². The highest BCUT2D eigenvalue weighted by atomic mass is 19.1. The highest BCUT2D eigenvalue weighted by molar-refractivity contribution is 5.92. The first-order valence-corrected chi connectivity index (χ1v) is 9.09. The highest BCUT2D eigenvalue weighted by Gasteiger charge is 2.22. The van der Waals surface area contributed by atoms with Gasteiger partial charge in [-0.1, -0.05) is 12.1 Å². The van der Waals surface area contributed by atoms with Crippen LogP contribution in [0.15, 0.2) is 42.6 Å². The van der Waals surface area contributed by atoms with Crippen LogP contribution >= 0.6 is 0 Å². The number of nitrogens with one attached hydrogen (secondary N) is 1. The first kappa shape index (κ1) is 17.4. The Kier molecular flexibility index (Phi) is 4.48. The van der Waals surface area contributed by atoms with Crippen LogP contribution < -0.4 is 10.1 Å². The third kappa shape index (κ3) is 3.12. The number of anilines is 1. The van der Waals surface area contributed by atoms with Crippen molar-refractivity contribution in [2.24, 2.45) is 0 Å². The number of aryl methyl sites for hydroxylation is 1. The van der Waals surface area contributed by atoms with Crippen molar-refractivity contribution in [2.75, 3.05) is 19.0 Å². The molecule has 0 fully saturated rings. The molecule has 1 N–H and O–H groups in total. The lowest BCUT2D eigenvalue weighted by Crippen LogP contribution is -2.35. The first-order chi connectivity index (χ1) is 13.1. The molecule has 2 aromatic carbocycles. The van der Waals surface area contributed by atoms with Gasteiger partial charge in [-0.3, -0.25) is 0 Å². The van der Waals surface area contributed by atoms with Gasteiger partial charge in [-0.05, 0) is 42.7 Å². The van der Waals surface area contributed by atoms with Crippen molar-refractivity contribution in [3.8, 4) is 5.75 Å². The number of ether oxygens (including phenoxy) is 1. The van der Waals surface area contributed by atoms with Gasteiger partial charge in [0.25, 0.3) is 0 Å². The van der Waals surface area contributed by atoms with Gasteiger partial charge >= 0.3 is 6.03 Å². The Labute approximate surface area is 157 Å². The Hall–Kier alpha value is -3.02. The first-order valence-electron chi connectivity index (χ1n) is 9.09. The zero-order chi connectivity index (χ0) is 19.0. The fraction of sp³-hybridized carbons (Fsp3) is 0.286. The second-order valence-corrected chi connectivity index (χ2v) is 6.70. The van der Waals surface area contributed by atoms with Gasteiger partial charge in [-0.15, -0.1) is 0 Å². The van der Waals surface area contributed by atoms with Crippen LogP contribution in [0.4, 0.5) is 14.9 Å². The minimum Gasteiger partial charge on any atom is -0.494 e. The number of carbonyl (C=O) groups excluding carboxylic acids is 1. The summed E-state index contributed by atoms with van der Waals surface area (Å²) in [4.78, 5) is 14.5. The predicted octanol–water partition coefficient (Wildman–Crippen LogP) is 4.40. The van der Waals surface area contributed by atoms with E-state index in [1.807, 2.05) is 6.07 Å². The molecule has 0 saturated carbocycles. The summed E-state index contributed by atoms with van der Waals surface area (Å²) in [6.45, 7) is 4.20. The van der Waals surface area contributed by atoms with Crippen LogP contribution in [-0.4, -0.2) is 29.2 Å². The molecule has 0 radical (unpaired) electrons. The van der Waals surface area contributed by atoms with Crippen molar-refractivity contribution >= 4 is 22.6 Å². The van der Waals surface area contributed by atoms with Crippen molar-refractivity contribution in [3.63, 3.8) is 0 Å². The Morgan fingerprint density at radius 2 is 2.11 bits per heavy atom. The molecule has 1 aromatic heterocycles. The van der Waals surface area contributed by atoms with Gasteiger partial charge in [0.15, 0.2) is 11.6 Å². The molecule has 140 valence electrons. The van der Waals surface area contributed by atoms with Crippen molar-refractivity contribution < 1.29 is 13.9 Å². The number of methoxy groups -OCH3 is 1. The minimum atomic E-state index is -0.500. The van der Waals surface area contributed by atoms with E-state index in [0.29, 0.717) is 18.8 Å². The van der Waals surface area contributed by atoms with Crippen LogP contribution in [0.1, 0.15) is 18.1 Å². The number of benzene rings is 2. The molecule has 0 bridgehead atoms. The van der Waals surface area contributed by atoms with E-state index in [4.69, 9.17) is 4.74 Å². The predicted molar refractivity (Wildman–Crippen MR) is 104 cm³/mol. The molecule has 1 aliphatic rings. The number of halogens is 1. The Morgan fingerprint density at radius 1 is 1.26 bits per heavy atom. The highest BCUT2D eigenvalue weighted by Crippen LogP contribution is 2.30. The molecule has 0 aliphatic carbocycles. The smallest absolute Gasteiger partial charge is 0.322 e. The molecule has 0 unspecified atom stereocenters. The molecule has 0 saturated heterocycles. The fourth-order valence-electron chi connectivity index (χ4n) is 3.76. The van der Waals surface area contributed by atoms with E-state index in [9.17, 15) is 9.18 Å². The Morgan fingerprint density at radius 3 is 2.85 bits per heavy atom. The normalized spacial score (nSPS) is 13.5. The number of hydrogen-bond donors (Lipinski definition) is 1. The third-order valence-electron chi connectivity index (χ3n) is 5.11. The zero-order valence-corrected chi connectivity index (χ0v) is 15.5. The van der Waals surface area contributed by atoms with Gasteiger partial charge in [0.05, 0.1) is 7.11 Å². The van der Waals surface area contributed by atoms with Crippen LogP contribution in [0.5, 0.6) is 5.75 Å². The van der Waals surface area contributed by atoms with Crippen molar-refractivity contribution in [3.05, 3.63) is 59.5 Å². The molecule has 1 aliphatic heterocycles. The second kappa shape index (κ2) is 6.95. The number of hydrogen-bond acceptors (Lipinski definition) is 2. The molecule has 2 amide bonds. The average Bonchev–Trinajstić information content (AvgIpc) is 2.92. The summed E-state index contributed by atoms with van der Waals surface area (Å²) in [7, 11) is 1.41. The quantitative estimate of drug-likeness (QED) is 0.746. The molecule has 3 aromatic rings. The largest absolute Gasteiger partial charge is 0.494 e. The summed E-state index contributed by atoms with van der Waals surface area (Å²) in [5.74, 6) is -0.345. The molecule has 27 heavy (non-hydrogen) atoms. The van der Waals surface area contributed by atoms with Gasteiger partial charge in [0.1, 0.15) is 0 Å². The topological polar surface area (TPSA) is 46.5 Å². The summed E-state index contributed by atoms with van der Waals surface area (Å²) in [6.07, 6.45) is 2.99.